The van der Waals surface area contributed by atoms with Crippen LogP contribution >= 0.6 is 11.6 Å². The van der Waals surface area contributed by atoms with E-state index in [1.807, 2.05) is 26.0 Å². The third-order valence-corrected chi connectivity index (χ3v) is 7.33. The van der Waals surface area contributed by atoms with Crippen molar-refractivity contribution in [2.75, 3.05) is 18.4 Å². The van der Waals surface area contributed by atoms with E-state index in [4.69, 9.17) is 21.4 Å². The van der Waals surface area contributed by atoms with Crippen LogP contribution in [0.15, 0.2) is 24.3 Å². The second kappa shape index (κ2) is 8.14. The fourth-order valence-corrected chi connectivity index (χ4v) is 5.49. The lowest BCUT2D eigenvalue weighted by molar-refractivity contribution is 0.00120. The van der Waals surface area contributed by atoms with Crippen molar-refractivity contribution in [3.8, 4) is 11.8 Å². The van der Waals surface area contributed by atoms with Gasteiger partial charge in [0.25, 0.3) is 0 Å². The highest BCUT2D eigenvalue weighted by atomic mass is 35.5. The number of ether oxygens (including phenoxy) is 1. The van der Waals surface area contributed by atoms with Gasteiger partial charge in [-0.05, 0) is 56.2 Å². The van der Waals surface area contributed by atoms with Crippen molar-refractivity contribution in [2.24, 2.45) is 16.7 Å². The van der Waals surface area contributed by atoms with Gasteiger partial charge in [0.2, 0.25) is 5.95 Å². The molecule has 2 aliphatic rings. The Morgan fingerprint density at radius 3 is 2.75 bits per heavy atom. The van der Waals surface area contributed by atoms with E-state index in [1.165, 1.54) is 0 Å². The average molecular weight is 462 g/mol. The molecule has 3 atom stereocenters. The first kappa shape index (κ1) is 22.7. The summed E-state index contributed by atoms with van der Waals surface area (Å²) < 4.78 is 7.76. The molecule has 4 rings (SSSR count). The highest BCUT2D eigenvalue weighted by molar-refractivity contribution is 6.30. The van der Waals surface area contributed by atoms with E-state index in [-0.39, 0.29) is 28.8 Å². The second-order valence-corrected chi connectivity index (χ2v) is 10.7. The van der Waals surface area contributed by atoms with Crippen LogP contribution in [0.25, 0.3) is 0 Å². The number of fused-ring (bicyclic) bond motifs is 2. The highest BCUT2D eigenvalue weighted by Gasteiger charge is 2.59. The van der Waals surface area contributed by atoms with Crippen molar-refractivity contribution in [1.29, 1.82) is 0 Å². The first-order chi connectivity index (χ1) is 15.0. The van der Waals surface area contributed by atoms with E-state index in [9.17, 15) is 9.90 Å². The lowest BCUT2D eigenvalue weighted by atomic mass is 9.61. The minimum absolute atomic E-state index is 0.0504. The molecule has 2 heterocycles. The Morgan fingerprint density at radius 1 is 1.38 bits per heavy atom. The fraction of sp³-hybridized carbons (Fsp3) is 0.609. The Kier molecular flexibility index (Phi) is 5.77. The van der Waals surface area contributed by atoms with Gasteiger partial charge in [0, 0.05) is 29.6 Å². The van der Waals surface area contributed by atoms with Gasteiger partial charge in [0.1, 0.15) is 5.75 Å². The summed E-state index contributed by atoms with van der Waals surface area (Å²) in [4.78, 5) is 18.0. The Hall–Kier alpha value is -2.48. The molecular weight excluding hydrogens is 430 g/mol. The zero-order chi connectivity index (χ0) is 23.3. The summed E-state index contributed by atoms with van der Waals surface area (Å²) in [5, 5.41) is 18.5. The van der Waals surface area contributed by atoms with Gasteiger partial charge in [-0.3, -0.25) is 0 Å². The summed E-state index contributed by atoms with van der Waals surface area (Å²) in [5.41, 5.74) is -0.292. The molecule has 1 aliphatic carbocycles. The Labute approximate surface area is 193 Å². The van der Waals surface area contributed by atoms with Gasteiger partial charge >= 0.3 is 12.1 Å². The zero-order valence-electron chi connectivity index (χ0n) is 19.3. The number of carboxylic acid groups (broad SMARTS) is 1. The topological polar surface area (TPSA) is 92.5 Å². The molecular formula is C23H32ClN5O3. The Bertz CT molecular complexity index is 1000. The molecule has 1 aliphatic heterocycles. The van der Waals surface area contributed by atoms with E-state index in [0.29, 0.717) is 35.8 Å². The summed E-state index contributed by atoms with van der Waals surface area (Å²) in [6.07, 6.45) is 1.11. The first-order valence-electron chi connectivity index (χ1n) is 11.1. The molecule has 8 nitrogen and oxygen atoms in total. The number of benzene rings is 1. The molecule has 9 heteroatoms. The number of likely N-dealkylation sites (tertiary alicyclic amines) is 1. The second-order valence-electron chi connectivity index (χ2n) is 10.3. The molecule has 1 aromatic carbocycles. The normalized spacial score (nSPS) is 25.3. The first-order valence-corrected chi connectivity index (χ1v) is 11.5. The van der Waals surface area contributed by atoms with Crippen molar-refractivity contribution < 1.29 is 14.6 Å². The largest absolute Gasteiger partial charge is 0.465 e. The Morgan fingerprint density at radius 2 is 2.12 bits per heavy atom. The third kappa shape index (κ3) is 4.00. The lowest BCUT2D eigenvalue weighted by Crippen LogP contribution is -2.60. The van der Waals surface area contributed by atoms with Crippen molar-refractivity contribution >= 4 is 23.6 Å². The van der Waals surface area contributed by atoms with Crippen molar-refractivity contribution in [3.63, 3.8) is 0 Å². The molecule has 1 amide bonds. The van der Waals surface area contributed by atoms with Crippen LogP contribution in [0.3, 0.4) is 0 Å². The van der Waals surface area contributed by atoms with Gasteiger partial charge in [-0.2, -0.15) is 4.98 Å². The van der Waals surface area contributed by atoms with Crippen LogP contribution < -0.4 is 10.1 Å². The van der Waals surface area contributed by atoms with E-state index >= 15 is 0 Å². The number of carbonyl (C=O) groups is 1. The molecule has 2 fully saturated rings. The number of piperidine rings is 1. The number of nitrogens with zero attached hydrogens (tertiary/aromatic N) is 4. The monoisotopic (exact) mass is 461 g/mol. The minimum Gasteiger partial charge on any atom is -0.465 e. The Balaban J connectivity index is 1.64. The van der Waals surface area contributed by atoms with Crippen molar-refractivity contribution in [2.45, 2.75) is 59.5 Å². The molecule has 2 aromatic rings. The van der Waals surface area contributed by atoms with E-state index in [1.54, 1.807) is 21.7 Å². The molecule has 0 spiro atoms. The van der Waals surface area contributed by atoms with Crippen LogP contribution in [-0.4, -0.2) is 50.0 Å². The molecule has 1 saturated carbocycles. The predicted molar refractivity (Wildman–Crippen MR) is 124 cm³/mol. The quantitative estimate of drug-likeness (QED) is 0.608. The summed E-state index contributed by atoms with van der Waals surface area (Å²) in [5.74, 6) is 1.31. The van der Waals surface area contributed by atoms with Gasteiger partial charge < -0.3 is 20.1 Å². The van der Waals surface area contributed by atoms with Crippen LogP contribution in [0.4, 0.5) is 10.7 Å². The molecule has 0 unspecified atom stereocenters. The average Bonchev–Trinajstić information content (AvgIpc) is 3.16. The maximum absolute atomic E-state index is 11.8. The molecule has 174 valence electrons. The summed E-state index contributed by atoms with van der Waals surface area (Å²) in [7, 11) is 0. The molecule has 2 bridgehead atoms. The number of halogens is 1. The van der Waals surface area contributed by atoms with Crippen LogP contribution in [0.2, 0.25) is 5.02 Å². The highest BCUT2D eigenvalue weighted by Crippen LogP contribution is 2.57. The zero-order valence-corrected chi connectivity index (χ0v) is 20.1. The predicted octanol–water partition coefficient (Wildman–Crippen LogP) is 5.52. The number of hydrogen-bond donors (Lipinski definition) is 2. The molecule has 32 heavy (non-hydrogen) atoms. The summed E-state index contributed by atoms with van der Waals surface area (Å²) in [6, 6.07) is 7.71. The number of nitrogens with one attached hydrogen (secondary N) is 1. The van der Waals surface area contributed by atoms with Gasteiger partial charge in [-0.1, -0.05) is 38.4 Å². The van der Waals surface area contributed by atoms with Gasteiger partial charge in [-0.25, -0.2) is 9.48 Å². The van der Waals surface area contributed by atoms with Gasteiger partial charge in [-0.15, -0.1) is 5.10 Å². The number of hydrogen-bond acceptors (Lipinski definition) is 5. The smallest absolute Gasteiger partial charge is 0.407 e. The molecule has 1 saturated heterocycles. The maximum atomic E-state index is 11.8. The molecule has 2 N–H and O–H groups in total. The molecule has 1 aromatic heterocycles. The number of aromatic nitrogens is 3. The SMILES string of the molecule is CC(C)n1nc(N[C@H]2[C@H]3CC[C@@]2(C(C)(C)C)CN(C(=O)O)C3)nc1Oc1cccc(Cl)c1. The third-order valence-electron chi connectivity index (χ3n) is 7.10. The number of amides is 1. The van der Waals surface area contributed by atoms with E-state index < -0.39 is 6.09 Å². The van der Waals surface area contributed by atoms with Gasteiger partial charge in [0.15, 0.2) is 0 Å². The van der Waals surface area contributed by atoms with E-state index in [0.717, 1.165) is 12.8 Å². The lowest BCUT2D eigenvalue weighted by Gasteiger charge is -2.52. The van der Waals surface area contributed by atoms with Crippen LogP contribution in [0, 0.1) is 16.7 Å². The number of anilines is 1. The summed E-state index contributed by atoms with van der Waals surface area (Å²) in [6.45, 7) is 11.7. The van der Waals surface area contributed by atoms with Crippen LogP contribution in [-0.2, 0) is 0 Å². The van der Waals surface area contributed by atoms with Crippen LogP contribution in [0.1, 0.15) is 53.5 Å². The fourth-order valence-electron chi connectivity index (χ4n) is 5.31. The van der Waals surface area contributed by atoms with E-state index in [2.05, 4.69) is 31.1 Å². The number of rotatable bonds is 5. The van der Waals surface area contributed by atoms with Crippen molar-refractivity contribution in [1.82, 2.24) is 19.7 Å². The van der Waals surface area contributed by atoms with Crippen LogP contribution in [0.5, 0.6) is 11.8 Å². The standard InChI is InChI=1S/C23H32ClN5O3/c1-14(2)29-20(32-17-8-6-7-16(24)11-17)26-19(27-29)25-18-15-9-10-23(18,22(3,4)5)13-28(12-15)21(30)31/h6-8,11,14-15,18H,9-10,12-13H2,1-5H3,(H,25,27)(H,30,31)/t15-,18-,23+/m0/s1. The molecule has 0 radical (unpaired) electrons. The minimum atomic E-state index is -0.844. The van der Waals surface area contributed by atoms with Gasteiger partial charge in [0.05, 0.1) is 6.04 Å². The summed E-state index contributed by atoms with van der Waals surface area (Å²) >= 11 is 6.10. The van der Waals surface area contributed by atoms with Crippen molar-refractivity contribution in [3.05, 3.63) is 29.3 Å². The maximum Gasteiger partial charge on any atom is 0.407 e.